The van der Waals surface area contributed by atoms with E-state index in [0.717, 1.165) is 11.3 Å². The van der Waals surface area contributed by atoms with E-state index in [9.17, 15) is 8.42 Å². The van der Waals surface area contributed by atoms with Crippen LogP contribution < -0.4 is 9.46 Å². The van der Waals surface area contributed by atoms with Gasteiger partial charge in [0.2, 0.25) is 10.0 Å². The molecule has 0 bridgehead atoms. The Labute approximate surface area is 142 Å². The van der Waals surface area contributed by atoms with Crippen molar-refractivity contribution in [1.29, 1.82) is 0 Å². The summed E-state index contributed by atoms with van der Waals surface area (Å²) in [6.07, 6.45) is 0. The Bertz CT molecular complexity index is 775. The van der Waals surface area contributed by atoms with Crippen LogP contribution in [0.1, 0.15) is 16.7 Å². The summed E-state index contributed by atoms with van der Waals surface area (Å²) in [6, 6.07) is 12.7. The fraction of sp³-hybridized carbons (Fsp3) is 0.294. The van der Waals surface area contributed by atoms with Crippen LogP contribution in [0.15, 0.2) is 42.5 Å². The molecule has 0 atom stereocenters. The molecule has 0 spiro atoms. The molecule has 0 aliphatic rings. The number of hydrogen-bond acceptors (Lipinski definition) is 3. The number of ether oxygens (including phenoxy) is 1. The maximum Gasteiger partial charge on any atom is 0.215 e. The molecule has 124 valence electrons. The average molecular weight is 354 g/mol. The van der Waals surface area contributed by atoms with Crippen molar-refractivity contribution < 1.29 is 13.2 Å². The average Bonchev–Trinajstić information content (AvgIpc) is 2.49. The molecule has 2 rings (SSSR count). The summed E-state index contributed by atoms with van der Waals surface area (Å²) in [5.41, 5.74) is 2.91. The summed E-state index contributed by atoms with van der Waals surface area (Å²) in [5.74, 6) is 0.592. The molecule has 0 amide bonds. The van der Waals surface area contributed by atoms with Crippen molar-refractivity contribution in [3.8, 4) is 5.75 Å². The SMILES string of the molecule is Cc1ccc(OCCNS(=O)(=O)Cc2ccccc2Cl)cc1C. The van der Waals surface area contributed by atoms with Gasteiger partial charge in [-0.25, -0.2) is 13.1 Å². The van der Waals surface area contributed by atoms with Gasteiger partial charge in [0.05, 0.1) is 5.75 Å². The van der Waals surface area contributed by atoms with Gasteiger partial charge in [-0.05, 0) is 48.7 Å². The molecule has 0 aromatic heterocycles. The summed E-state index contributed by atoms with van der Waals surface area (Å²) in [7, 11) is -3.44. The normalized spacial score (nSPS) is 11.4. The lowest BCUT2D eigenvalue weighted by Gasteiger charge is -2.10. The van der Waals surface area contributed by atoms with Crippen LogP contribution in [0, 0.1) is 13.8 Å². The molecule has 4 nitrogen and oxygen atoms in total. The highest BCUT2D eigenvalue weighted by molar-refractivity contribution is 7.88. The molecule has 0 radical (unpaired) electrons. The van der Waals surface area contributed by atoms with Gasteiger partial charge in [0.25, 0.3) is 0 Å². The molecular weight excluding hydrogens is 334 g/mol. The summed E-state index contributed by atoms with van der Waals surface area (Å²) in [5, 5.41) is 0.448. The van der Waals surface area contributed by atoms with Gasteiger partial charge in [-0.1, -0.05) is 35.9 Å². The Hall–Kier alpha value is -1.56. The maximum absolute atomic E-state index is 12.0. The molecule has 2 aromatic carbocycles. The molecule has 0 fully saturated rings. The quantitative estimate of drug-likeness (QED) is 0.775. The number of hydrogen-bond donors (Lipinski definition) is 1. The molecule has 0 unspecified atom stereocenters. The highest BCUT2D eigenvalue weighted by atomic mass is 35.5. The van der Waals surface area contributed by atoms with Crippen molar-refractivity contribution in [2.45, 2.75) is 19.6 Å². The lowest BCUT2D eigenvalue weighted by Crippen LogP contribution is -2.29. The van der Waals surface area contributed by atoms with E-state index in [-0.39, 0.29) is 18.9 Å². The maximum atomic E-state index is 12.0. The van der Waals surface area contributed by atoms with Crippen molar-refractivity contribution in [2.75, 3.05) is 13.2 Å². The Morgan fingerprint density at radius 1 is 1.09 bits per heavy atom. The summed E-state index contributed by atoms with van der Waals surface area (Å²) >= 11 is 5.98. The van der Waals surface area contributed by atoms with Crippen LogP contribution in [0.3, 0.4) is 0 Å². The fourth-order valence-corrected chi connectivity index (χ4v) is 3.48. The van der Waals surface area contributed by atoms with Crippen molar-refractivity contribution >= 4 is 21.6 Å². The van der Waals surface area contributed by atoms with E-state index in [1.807, 2.05) is 32.0 Å². The molecule has 0 aliphatic heterocycles. The van der Waals surface area contributed by atoms with E-state index >= 15 is 0 Å². The largest absolute Gasteiger partial charge is 0.492 e. The Morgan fingerprint density at radius 2 is 1.83 bits per heavy atom. The van der Waals surface area contributed by atoms with Crippen LogP contribution in [0.4, 0.5) is 0 Å². The standard InChI is InChI=1S/C17H20ClNO3S/c1-13-7-8-16(11-14(13)2)22-10-9-19-23(20,21)12-15-5-3-4-6-17(15)18/h3-8,11,19H,9-10,12H2,1-2H3. The molecule has 2 aromatic rings. The molecule has 0 saturated heterocycles. The van der Waals surface area contributed by atoms with E-state index in [1.54, 1.807) is 24.3 Å². The number of rotatable bonds is 7. The Morgan fingerprint density at radius 3 is 2.52 bits per heavy atom. The predicted molar refractivity (Wildman–Crippen MR) is 93.5 cm³/mol. The van der Waals surface area contributed by atoms with Crippen LogP contribution in [0.25, 0.3) is 0 Å². The van der Waals surface area contributed by atoms with E-state index < -0.39 is 10.0 Å². The van der Waals surface area contributed by atoms with Crippen LogP contribution in [-0.4, -0.2) is 21.6 Å². The lowest BCUT2D eigenvalue weighted by atomic mass is 10.1. The van der Waals surface area contributed by atoms with Crippen molar-refractivity contribution in [2.24, 2.45) is 0 Å². The van der Waals surface area contributed by atoms with E-state index in [1.165, 1.54) is 5.56 Å². The molecular formula is C17H20ClNO3S. The van der Waals surface area contributed by atoms with Crippen molar-refractivity contribution in [3.63, 3.8) is 0 Å². The third-order valence-corrected chi connectivity index (χ3v) is 5.18. The zero-order valence-corrected chi connectivity index (χ0v) is 14.7. The predicted octanol–water partition coefficient (Wildman–Crippen LogP) is 3.46. The molecule has 1 N–H and O–H groups in total. The molecule has 0 aliphatic carbocycles. The van der Waals surface area contributed by atoms with E-state index in [0.29, 0.717) is 10.6 Å². The van der Waals surface area contributed by atoms with E-state index in [2.05, 4.69) is 4.72 Å². The minimum atomic E-state index is -3.44. The summed E-state index contributed by atoms with van der Waals surface area (Å²) in [6.45, 7) is 4.51. The first-order valence-electron chi connectivity index (χ1n) is 7.28. The number of nitrogens with one attached hydrogen (secondary N) is 1. The van der Waals surface area contributed by atoms with Crippen molar-refractivity contribution in [1.82, 2.24) is 4.72 Å². The Kier molecular flexibility index (Phi) is 6.04. The minimum absolute atomic E-state index is 0.143. The van der Waals surface area contributed by atoms with Gasteiger partial charge in [0.1, 0.15) is 12.4 Å². The monoisotopic (exact) mass is 353 g/mol. The first-order valence-corrected chi connectivity index (χ1v) is 9.31. The molecule has 23 heavy (non-hydrogen) atoms. The first-order chi connectivity index (χ1) is 10.9. The van der Waals surface area contributed by atoms with Gasteiger partial charge in [0, 0.05) is 11.6 Å². The minimum Gasteiger partial charge on any atom is -0.492 e. The van der Waals surface area contributed by atoms with Gasteiger partial charge in [-0.3, -0.25) is 0 Å². The van der Waals surface area contributed by atoms with Gasteiger partial charge < -0.3 is 4.74 Å². The first kappa shape index (κ1) is 17.8. The second-order valence-corrected chi connectivity index (χ2v) is 7.55. The topological polar surface area (TPSA) is 55.4 Å². The zero-order chi connectivity index (χ0) is 16.9. The van der Waals surface area contributed by atoms with E-state index in [4.69, 9.17) is 16.3 Å². The molecule has 6 heteroatoms. The third-order valence-electron chi connectivity index (χ3n) is 3.47. The second kappa shape index (κ2) is 7.81. The smallest absolute Gasteiger partial charge is 0.215 e. The Balaban J connectivity index is 1.83. The summed E-state index contributed by atoms with van der Waals surface area (Å²) in [4.78, 5) is 0. The van der Waals surface area contributed by atoms with Crippen LogP contribution in [0.5, 0.6) is 5.75 Å². The fourth-order valence-electron chi connectivity index (χ4n) is 2.04. The van der Waals surface area contributed by atoms with Crippen molar-refractivity contribution in [3.05, 3.63) is 64.2 Å². The van der Waals surface area contributed by atoms with Gasteiger partial charge >= 0.3 is 0 Å². The number of halogens is 1. The molecule has 0 saturated carbocycles. The molecule has 0 heterocycles. The highest BCUT2D eigenvalue weighted by Gasteiger charge is 2.13. The zero-order valence-electron chi connectivity index (χ0n) is 13.2. The second-order valence-electron chi connectivity index (χ2n) is 5.34. The summed E-state index contributed by atoms with van der Waals surface area (Å²) < 4.78 is 32.2. The number of sulfonamides is 1. The van der Waals surface area contributed by atoms with Gasteiger partial charge in [-0.2, -0.15) is 0 Å². The van der Waals surface area contributed by atoms with Crippen LogP contribution in [-0.2, 0) is 15.8 Å². The highest BCUT2D eigenvalue weighted by Crippen LogP contribution is 2.17. The van der Waals surface area contributed by atoms with Gasteiger partial charge in [-0.15, -0.1) is 0 Å². The van der Waals surface area contributed by atoms with Gasteiger partial charge in [0.15, 0.2) is 0 Å². The number of benzene rings is 2. The van der Waals surface area contributed by atoms with Crippen LogP contribution in [0.2, 0.25) is 5.02 Å². The number of aryl methyl sites for hydroxylation is 2. The van der Waals surface area contributed by atoms with Crippen LogP contribution >= 0.6 is 11.6 Å². The third kappa shape index (κ3) is 5.53. The lowest BCUT2D eigenvalue weighted by molar-refractivity contribution is 0.322.